The highest BCUT2D eigenvalue weighted by molar-refractivity contribution is 5.20. The highest BCUT2D eigenvalue weighted by atomic mass is 19.1. The predicted molar refractivity (Wildman–Crippen MR) is 79.9 cm³/mol. The average Bonchev–Trinajstić information content (AvgIpc) is 2.29. The van der Waals surface area contributed by atoms with Crippen LogP contribution in [-0.2, 0) is 0 Å². The summed E-state index contributed by atoms with van der Waals surface area (Å²) in [6.45, 7) is 17.8. The number of allylic oxidation sites excluding steroid dienone is 5. The highest BCUT2D eigenvalue weighted by Gasteiger charge is 1.85. The Balaban J connectivity index is -0.000000213. The lowest BCUT2D eigenvalue weighted by atomic mass is 10.1. The van der Waals surface area contributed by atoms with Crippen molar-refractivity contribution >= 4 is 0 Å². The van der Waals surface area contributed by atoms with E-state index in [9.17, 15) is 4.39 Å². The maximum Gasteiger partial charge on any atom is 0.118 e. The second kappa shape index (κ2) is 17.5. The quantitative estimate of drug-likeness (QED) is 0.496. The molecule has 0 aliphatic heterocycles. The van der Waals surface area contributed by atoms with Gasteiger partial charge in [0.15, 0.2) is 0 Å². The van der Waals surface area contributed by atoms with E-state index in [0.717, 1.165) is 11.5 Å². The molecule has 0 aromatic rings. The molecule has 0 heterocycles. The zero-order chi connectivity index (χ0) is 14.3. The van der Waals surface area contributed by atoms with E-state index in [1.165, 1.54) is 25.0 Å². The van der Waals surface area contributed by atoms with E-state index >= 15 is 0 Å². The molecular weight excluding hydrogens is 211 g/mol. The van der Waals surface area contributed by atoms with Gasteiger partial charge in [-0.3, -0.25) is 0 Å². The summed E-state index contributed by atoms with van der Waals surface area (Å²) in [4.78, 5) is 0. The summed E-state index contributed by atoms with van der Waals surface area (Å²) in [5.74, 6) is 0.674. The molecular formula is C16H31F. The zero-order valence-electron chi connectivity index (χ0n) is 12.8. The molecule has 0 aliphatic carbocycles. The average molecular weight is 242 g/mol. The fraction of sp³-hybridized carbons (Fsp3) is 0.625. The minimum Gasteiger partial charge on any atom is -0.207 e. The Labute approximate surface area is 108 Å². The maximum absolute atomic E-state index is 12.2. The van der Waals surface area contributed by atoms with Crippen LogP contribution in [0.3, 0.4) is 0 Å². The van der Waals surface area contributed by atoms with E-state index in [2.05, 4.69) is 27.4 Å². The Morgan fingerprint density at radius 1 is 1.24 bits per heavy atom. The third kappa shape index (κ3) is 31.3. The summed E-state index contributed by atoms with van der Waals surface area (Å²) < 4.78 is 12.2. The van der Waals surface area contributed by atoms with Crippen LogP contribution in [0.25, 0.3) is 0 Å². The summed E-state index contributed by atoms with van der Waals surface area (Å²) in [5, 5.41) is 0. The molecule has 0 aromatic heterocycles. The third-order valence-corrected chi connectivity index (χ3v) is 1.67. The van der Waals surface area contributed by atoms with Crippen LogP contribution in [0, 0.1) is 5.92 Å². The molecule has 0 N–H and O–H groups in total. The molecule has 0 rings (SSSR count). The molecule has 0 fully saturated rings. The maximum atomic E-state index is 12.2. The molecule has 0 spiro atoms. The summed E-state index contributed by atoms with van der Waals surface area (Å²) in [6.07, 6.45) is 7.13. The molecule has 0 atom stereocenters. The summed E-state index contributed by atoms with van der Waals surface area (Å²) in [5.41, 5.74) is 0.854. The normalized spacial score (nSPS) is 10.5. The second-order valence-electron chi connectivity index (χ2n) is 4.04. The first-order valence-electron chi connectivity index (χ1n) is 6.59. The predicted octanol–water partition coefficient (Wildman–Crippen LogP) is 6.46. The SMILES string of the molecule is C=C(C)/C=C\C(F)=C/C.CC.CCCC(C)C. The van der Waals surface area contributed by atoms with Crippen molar-refractivity contribution in [2.24, 2.45) is 5.92 Å². The van der Waals surface area contributed by atoms with Gasteiger partial charge in [-0.25, -0.2) is 4.39 Å². The Morgan fingerprint density at radius 2 is 1.71 bits per heavy atom. The fourth-order valence-electron chi connectivity index (χ4n) is 0.895. The van der Waals surface area contributed by atoms with Crippen LogP contribution < -0.4 is 0 Å². The minimum absolute atomic E-state index is 0.224. The van der Waals surface area contributed by atoms with Gasteiger partial charge in [0.25, 0.3) is 0 Å². The first-order valence-corrected chi connectivity index (χ1v) is 6.59. The van der Waals surface area contributed by atoms with Gasteiger partial charge in [-0.15, -0.1) is 0 Å². The fourth-order valence-corrected chi connectivity index (χ4v) is 0.895. The van der Waals surface area contributed by atoms with Crippen LogP contribution in [0.4, 0.5) is 4.39 Å². The van der Waals surface area contributed by atoms with E-state index in [4.69, 9.17) is 0 Å². The smallest absolute Gasteiger partial charge is 0.118 e. The molecule has 0 amide bonds. The van der Waals surface area contributed by atoms with Crippen molar-refractivity contribution in [3.8, 4) is 0 Å². The van der Waals surface area contributed by atoms with Crippen LogP contribution in [0.5, 0.6) is 0 Å². The number of hydrogen-bond donors (Lipinski definition) is 0. The van der Waals surface area contributed by atoms with Crippen molar-refractivity contribution in [1.29, 1.82) is 0 Å². The van der Waals surface area contributed by atoms with E-state index in [-0.39, 0.29) is 5.83 Å². The van der Waals surface area contributed by atoms with Gasteiger partial charge >= 0.3 is 0 Å². The van der Waals surface area contributed by atoms with Crippen molar-refractivity contribution in [1.82, 2.24) is 0 Å². The molecule has 1 heteroatoms. The van der Waals surface area contributed by atoms with Crippen molar-refractivity contribution in [2.75, 3.05) is 0 Å². The second-order valence-corrected chi connectivity index (χ2v) is 4.04. The highest BCUT2D eigenvalue weighted by Crippen LogP contribution is 2.00. The molecule has 102 valence electrons. The van der Waals surface area contributed by atoms with E-state index in [1.54, 1.807) is 13.0 Å². The van der Waals surface area contributed by atoms with Crippen molar-refractivity contribution in [3.05, 3.63) is 36.2 Å². The van der Waals surface area contributed by atoms with E-state index < -0.39 is 0 Å². The van der Waals surface area contributed by atoms with Crippen LogP contribution in [0.1, 0.15) is 61.3 Å². The largest absolute Gasteiger partial charge is 0.207 e. The Kier molecular flexibility index (Phi) is 22.1. The lowest BCUT2D eigenvalue weighted by Gasteiger charge is -1.95. The van der Waals surface area contributed by atoms with Crippen LogP contribution in [0.15, 0.2) is 36.2 Å². The molecule has 0 unspecified atom stereocenters. The molecule has 0 bridgehead atoms. The van der Waals surface area contributed by atoms with Gasteiger partial charge in [-0.05, 0) is 25.8 Å². The molecule has 0 radical (unpaired) electrons. The van der Waals surface area contributed by atoms with Crippen molar-refractivity contribution in [2.45, 2.75) is 61.3 Å². The van der Waals surface area contributed by atoms with Crippen LogP contribution in [0.2, 0.25) is 0 Å². The van der Waals surface area contributed by atoms with Gasteiger partial charge in [0.1, 0.15) is 5.83 Å². The Morgan fingerprint density at radius 3 is 1.88 bits per heavy atom. The summed E-state index contributed by atoms with van der Waals surface area (Å²) >= 11 is 0. The number of halogens is 1. The lowest BCUT2D eigenvalue weighted by Crippen LogP contribution is -1.81. The zero-order valence-corrected chi connectivity index (χ0v) is 12.8. The minimum atomic E-state index is -0.224. The van der Waals surface area contributed by atoms with Gasteiger partial charge in [-0.2, -0.15) is 0 Å². The topological polar surface area (TPSA) is 0 Å². The molecule has 0 saturated heterocycles. The third-order valence-electron chi connectivity index (χ3n) is 1.67. The van der Waals surface area contributed by atoms with Gasteiger partial charge < -0.3 is 0 Å². The molecule has 0 saturated carbocycles. The number of hydrogen-bond acceptors (Lipinski definition) is 0. The van der Waals surface area contributed by atoms with Gasteiger partial charge in [0.05, 0.1) is 0 Å². The Hall–Kier alpha value is -0.850. The van der Waals surface area contributed by atoms with Gasteiger partial charge in [0.2, 0.25) is 0 Å². The first kappa shape index (κ1) is 21.4. The lowest BCUT2D eigenvalue weighted by molar-refractivity contribution is 0.576. The number of rotatable bonds is 4. The van der Waals surface area contributed by atoms with Gasteiger partial charge in [-0.1, -0.05) is 71.8 Å². The summed E-state index contributed by atoms with van der Waals surface area (Å²) in [6, 6.07) is 0. The first-order chi connectivity index (χ1) is 7.93. The van der Waals surface area contributed by atoms with Crippen LogP contribution in [-0.4, -0.2) is 0 Å². The molecule has 0 aromatic carbocycles. The van der Waals surface area contributed by atoms with Crippen molar-refractivity contribution in [3.63, 3.8) is 0 Å². The summed E-state index contributed by atoms with van der Waals surface area (Å²) in [7, 11) is 0. The molecule has 17 heavy (non-hydrogen) atoms. The standard InChI is InChI=1S/C8H11F.C6H14.C2H6/c1-4-8(9)6-5-7(2)3;1-4-5-6(2)3;1-2/h4-6H,2H2,1,3H3;6H,4-5H2,1-3H3;1-2H3/b6-5-,8-4+;;. The van der Waals surface area contributed by atoms with E-state index in [0.29, 0.717) is 0 Å². The van der Waals surface area contributed by atoms with Crippen LogP contribution >= 0.6 is 0 Å². The molecule has 0 nitrogen and oxygen atoms in total. The molecule has 0 aliphatic rings. The Bertz CT molecular complexity index is 210. The van der Waals surface area contributed by atoms with Crippen molar-refractivity contribution < 1.29 is 4.39 Å². The van der Waals surface area contributed by atoms with E-state index in [1.807, 2.05) is 20.8 Å². The van der Waals surface area contributed by atoms with Gasteiger partial charge in [0, 0.05) is 0 Å². The monoisotopic (exact) mass is 242 g/mol.